The zero-order chi connectivity index (χ0) is 8.53. The molecule has 3 N–H and O–H groups in total. The Morgan fingerprint density at radius 2 is 2.18 bits per heavy atom. The van der Waals surface area contributed by atoms with Crippen molar-refractivity contribution < 1.29 is 0 Å². The van der Waals surface area contributed by atoms with Gasteiger partial charge in [0.1, 0.15) is 0 Å². The van der Waals surface area contributed by atoms with Gasteiger partial charge in [-0.2, -0.15) is 0 Å². The molecule has 0 aromatic carbocycles. The molecule has 0 aliphatic rings. The van der Waals surface area contributed by atoms with Gasteiger partial charge in [-0.05, 0) is 39.8 Å². The Morgan fingerprint density at radius 3 is 2.73 bits per heavy atom. The van der Waals surface area contributed by atoms with Crippen molar-refractivity contribution in [2.75, 3.05) is 33.7 Å². The third kappa shape index (κ3) is 9.46. The monoisotopic (exact) mass is 157 g/mol. The van der Waals surface area contributed by atoms with Gasteiger partial charge in [0.25, 0.3) is 0 Å². The molecule has 0 saturated heterocycles. The van der Waals surface area contributed by atoms with E-state index in [1.54, 1.807) is 6.20 Å². The molecule has 11 heavy (non-hydrogen) atoms. The smallest absolute Gasteiger partial charge is 0.0151 e. The summed E-state index contributed by atoms with van der Waals surface area (Å²) < 4.78 is 0. The fourth-order valence-electron chi connectivity index (χ4n) is 0.774. The van der Waals surface area contributed by atoms with Crippen LogP contribution >= 0.6 is 0 Å². The average molecular weight is 157 g/mol. The molecule has 0 radical (unpaired) electrons. The summed E-state index contributed by atoms with van der Waals surface area (Å²) in [5, 5.41) is 3.25. The van der Waals surface area contributed by atoms with Gasteiger partial charge < -0.3 is 16.0 Å². The van der Waals surface area contributed by atoms with Crippen LogP contribution in [0.25, 0.3) is 0 Å². The second-order valence-corrected chi connectivity index (χ2v) is 2.79. The van der Waals surface area contributed by atoms with Crippen LogP contribution in [0.3, 0.4) is 0 Å². The summed E-state index contributed by atoms with van der Waals surface area (Å²) in [5.41, 5.74) is 5.16. The molecule has 0 rings (SSSR count). The minimum atomic E-state index is 0.879. The van der Waals surface area contributed by atoms with Crippen molar-refractivity contribution in [3.8, 4) is 0 Å². The lowest BCUT2D eigenvalue weighted by atomic mass is 10.4. The summed E-state index contributed by atoms with van der Waals surface area (Å²) in [6.45, 7) is 3.08. The Balaban J connectivity index is 2.91. The molecule has 0 aromatic heterocycles. The van der Waals surface area contributed by atoms with Crippen LogP contribution < -0.4 is 11.1 Å². The van der Waals surface area contributed by atoms with Crippen molar-refractivity contribution >= 4 is 0 Å². The molecule has 0 spiro atoms. The zero-order valence-electron chi connectivity index (χ0n) is 7.51. The molecule has 66 valence electrons. The van der Waals surface area contributed by atoms with Gasteiger partial charge in [-0.1, -0.05) is 6.08 Å². The molecular weight excluding hydrogens is 138 g/mol. The van der Waals surface area contributed by atoms with Gasteiger partial charge in [0.2, 0.25) is 0 Å². The molecule has 0 bridgehead atoms. The van der Waals surface area contributed by atoms with Gasteiger partial charge in [-0.15, -0.1) is 0 Å². The zero-order valence-corrected chi connectivity index (χ0v) is 7.51. The van der Waals surface area contributed by atoms with E-state index in [4.69, 9.17) is 5.73 Å². The maximum atomic E-state index is 5.16. The lowest BCUT2D eigenvalue weighted by Crippen LogP contribution is -2.21. The summed E-state index contributed by atoms with van der Waals surface area (Å²) in [7, 11) is 4.17. The van der Waals surface area contributed by atoms with Gasteiger partial charge >= 0.3 is 0 Å². The van der Waals surface area contributed by atoms with E-state index in [-0.39, 0.29) is 0 Å². The van der Waals surface area contributed by atoms with Crippen molar-refractivity contribution in [2.24, 2.45) is 5.73 Å². The average Bonchev–Trinajstić information content (AvgIpc) is 1.96. The van der Waals surface area contributed by atoms with Crippen LogP contribution in [0.15, 0.2) is 12.3 Å². The van der Waals surface area contributed by atoms with Crippen molar-refractivity contribution in [1.82, 2.24) is 10.2 Å². The third-order valence-corrected chi connectivity index (χ3v) is 1.36. The highest BCUT2D eigenvalue weighted by Gasteiger charge is 1.88. The van der Waals surface area contributed by atoms with Crippen molar-refractivity contribution in [1.29, 1.82) is 0 Å². The van der Waals surface area contributed by atoms with E-state index in [0.717, 1.165) is 19.6 Å². The molecule has 0 fully saturated rings. The molecule has 0 saturated carbocycles. The van der Waals surface area contributed by atoms with E-state index in [9.17, 15) is 0 Å². The summed E-state index contributed by atoms with van der Waals surface area (Å²) in [5.74, 6) is 0. The molecular formula is C8H19N3. The van der Waals surface area contributed by atoms with E-state index >= 15 is 0 Å². The Kier molecular flexibility index (Phi) is 7.19. The first kappa shape index (κ1) is 10.5. The molecule has 0 aliphatic heterocycles. The molecule has 0 atom stereocenters. The minimum Gasteiger partial charge on any atom is -0.405 e. The Labute approximate surface area is 69.3 Å². The van der Waals surface area contributed by atoms with Crippen LogP contribution in [0.1, 0.15) is 6.42 Å². The lowest BCUT2D eigenvalue weighted by Gasteiger charge is -2.08. The standard InChI is InChI=1S/C8H19N3/c1-11(2)8-4-7-10-6-3-5-9/h3,5,10H,4,6-9H2,1-2H3/b5-3+. The number of nitrogens with one attached hydrogen (secondary N) is 1. The van der Waals surface area contributed by atoms with Gasteiger partial charge in [-0.25, -0.2) is 0 Å². The molecule has 0 aromatic rings. The normalized spacial score (nSPS) is 11.5. The van der Waals surface area contributed by atoms with Crippen LogP contribution in [0, 0.1) is 0 Å². The second kappa shape index (κ2) is 7.57. The number of rotatable bonds is 6. The number of hydrogen-bond donors (Lipinski definition) is 2. The molecule has 0 heterocycles. The SMILES string of the molecule is CN(C)CCCNC/C=C/N. The van der Waals surface area contributed by atoms with Crippen LogP contribution in [-0.4, -0.2) is 38.6 Å². The lowest BCUT2D eigenvalue weighted by molar-refractivity contribution is 0.396. The highest BCUT2D eigenvalue weighted by atomic mass is 15.0. The number of nitrogens with zero attached hydrogens (tertiary/aromatic N) is 1. The van der Waals surface area contributed by atoms with E-state index in [0.29, 0.717) is 0 Å². The predicted molar refractivity (Wildman–Crippen MR) is 49.4 cm³/mol. The maximum absolute atomic E-state index is 5.16. The summed E-state index contributed by atoms with van der Waals surface area (Å²) in [6, 6.07) is 0. The van der Waals surface area contributed by atoms with Crippen LogP contribution in [0.5, 0.6) is 0 Å². The van der Waals surface area contributed by atoms with E-state index in [1.165, 1.54) is 6.42 Å². The van der Waals surface area contributed by atoms with Gasteiger partial charge in [0, 0.05) is 6.54 Å². The van der Waals surface area contributed by atoms with Gasteiger partial charge in [0.05, 0.1) is 0 Å². The molecule has 0 amide bonds. The summed E-state index contributed by atoms with van der Waals surface area (Å²) >= 11 is 0. The van der Waals surface area contributed by atoms with Crippen molar-refractivity contribution in [3.63, 3.8) is 0 Å². The third-order valence-electron chi connectivity index (χ3n) is 1.36. The first-order valence-corrected chi connectivity index (χ1v) is 3.99. The molecule has 3 heteroatoms. The van der Waals surface area contributed by atoms with Crippen LogP contribution in [0.2, 0.25) is 0 Å². The quantitative estimate of drug-likeness (QED) is 0.533. The van der Waals surface area contributed by atoms with Gasteiger partial charge in [-0.3, -0.25) is 0 Å². The van der Waals surface area contributed by atoms with Crippen molar-refractivity contribution in [3.05, 3.63) is 12.3 Å². The van der Waals surface area contributed by atoms with E-state index in [1.807, 2.05) is 6.08 Å². The van der Waals surface area contributed by atoms with Crippen LogP contribution in [0.4, 0.5) is 0 Å². The number of nitrogens with two attached hydrogens (primary N) is 1. The molecule has 0 aliphatic carbocycles. The second-order valence-electron chi connectivity index (χ2n) is 2.79. The Hall–Kier alpha value is -0.540. The van der Waals surface area contributed by atoms with Gasteiger partial charge in [0.15, 0.2) is 0 Å². The minimum absolute atomic E-state index is 0.879. The Bertz CT molecular complexity index is 99.5. The van der Waals surface area contributed by atoms with Crippen LogP contribution in [-0.2, 0) is 0 Å². The summed E-state index contributed by atoms with van der Waals surface area (Å²) in [4.78, 5) is 2.18. The first-order chi connectivity index (χ1) is 5.27. The van der Waals surface area contributed by atoms with E-state index < -0.39 is 0 Å². The predicted octanol–water partition coefficient (Wildman–Crippen LogP) is 0.000100. The maximum Gasteiger partial charge on any atom is 0.0151 e. The number of hydrogen-bond acceptors (Lipinski definition) is 3. The molecule has 3 nitrogen and oxygen atoms in total. The van der Waals surface area contributed by atoms with Crippen molar-refractivity contribution in [2.45, 2.75) is 6.42 Å². The fraction of sp³-hybridized carbons (Fsp3) is 0.750. The first-order valence-electron chi connectivity index (χ1n) is 3.99. The topological polar surface area (TPSA) is 41.3 Å². The van der Waals surface area contributed by atoms with E-state index in [2.05, 4.69) is 24.3 Å². The largest absolute Gasteiger partial charge is 0.405 e. The fourth-order valence-corrected chi connectivity index (χ4v) is 0.774. The highest BCUT2D eigenvalue weighted by Crippen LogP contribution is 1.79. The molecule has 0 unspecified atom stereocenters. The summed E-state index contributed by atoms with van der Waals surface area (Å²) in [6.07, 6.45) is 4.67. The highest BCUT2D eigenvalue weighted by molar-refractivity contribution is 4.77. The Morgan fingerprint density at radius 1 is 1.45 bits per heavy atom.